The van der Waals surface area contributed by atoms with Crippen LogP contribution >= 0.6 is 0 Å². The number of likely N-dealkylation sites (tertiary alicyclic amines) is 1. The van der Waals surface area contributed by atoms with Crippen molar-refractivity contribution in [2.45, 2.75) is 36.7 Å². The van der Waals surface area contributed by atoms with Crippen molar-refractivity contribution in [3.8, 4) is 0 Å². The third-order valence-electron chi connectivity index (χ3n) is 4.76. The number of carbonyl (C=O) groups excluding carboxylic acids is 1. The molecule has 2 atom stereocenters. The summed E-state index contributed by atoms with van der Waals surface area (Å²) in [5, 5.41) is 2.92. The first kappa shape index (κ1) is 16.5. The van der Waals surface area contributed by atoms with Gasteiger partial charge in [0.25, 0.3) is 0 Å². The number of nitrogens with zero attached hydrogens (tertiary/aromatic N) is 1. The Labute approximate surface area is 139 Å². The number of benzene rings is 1. The van der Waals surface area contributed by atoms with Crippen LogP contribution in [-0.4, -0.2) is 47.2 Å². The van der Waals surface area contributed by atoms with E-state index in [-0.39, 0.29) is 6.03 Å². The molecule has 0 radical (unpaired) electrons. The number of carbonyl (C=O) groups is 1. The number of hydrogen-bond donors (Lipinski definition) is 1. The van der Waals surface area contributed by atoms with Crippen molar-refractivity contribution in [2.24, 2.45) is 5.92 Å². The SMILES string of the molecule is C[S@@](=O)c1ccc(NC(=O)N2CCC([C@@H]3CCCO3)CC2)cc1. The second-order valence-corrected chi connectivity index (χ2v) is 7.66. The minimum absolute atomic E-state index is 0.0545. The second-order valence-electron chi connectivity index (χ2n) is 6.28. The third-order valence-corrected chi connectivity index (χ3v) is 5.69. The van der Waals surface area contributed by atoms with E-state index in [4.69, 9.17) is 4.74 Å². The van der Waals surface area contributed by atoms with E-state index in [1.807, 2.05) is 4.90 Å². The van der Waals surface area contributed by atoms with Crippen LogP contribution in [0.25, 0.3) is 0 Å². The molecule has 2 heterocycles. The first-order valence-corrected chi connectivity index (χ1v) is 9.80. The highest BCUT2D eigenvalue weighted by Gasteiger charge is 2.30. The smallest absolute Gasteiger partial charge is 0.321 e. The molecule has 2 aliphatic rings. The largest absolute Gasteiger partial charge is 0.378 e. The van der Waals surface area contributed by atoms with Gasteiger partial charge in [0.15, 0.2) is 0 Å². The van der Waals surface area contributed by atoms with Crippen molar-refractivity contribution in [2.75, 3.05) is 31.3 Å². The summed E-state index contributed by atoms with van der Waals surface area (Å²) in [7, 11) is -0.995. The third kappa shape index (κ3) is 4.12. The molecule has 5 nitrogen and oxygen atoms in total. The monoisotopic (exact) mass is 336 g/mol. The normalized spacial score (nSPS) is 23.7. The quantitative estimate of drug-likeness (QED) is 0.923. The molecule has 2 fully saturated rings. The second kappa shape index (κ2) is 7.45. The Kier molecular flexibility index (Phi) is 5.33. The van der Waals surface area contributed by atoms with E-state index < -0.39 is 10.8 Å². The standard InChI is InChI=1S/C17H24N2O3S/c1-23(21)15-6-4-14(5-7-15)18-17(20)19-10-8-13(9-11-19)16-3-2-12-22-16/h4-7,13,16H,2-3,8-12H2,1H3,(H,18,20)/t16-,23+/m0/s1. The average molecular weight is 336 g/mol. The number of anilines is 1. The Morgan fingerprint density at radius 2 is 1.91 bits per heavy atom. The summed E-state index contributed by atoms with van der Waals surface area (Å²) in [5.41, 5.74) is 0.741. The van der Waals surface area contributed by atoms with Crippen LogP contribution in [0.15, 0.2) is 29.2 Å². The number of ether oxygens (including phenoxy) is 1. The van der Waals surface area contributed by atoms with Crippen molar-refractivity contribution in [1.82, 2.24) is 4.90 Å². The number of urea groups is 1. The lowest BCUT2D eigenvalue weighted by Crippen LogP contribution is -2.43. The van der Waals surface area contributed by atoms with Crippen LogP contribution in [0.2, 0.25) is 0 Å². The molecule has 2 aliphatic heterocycles. The van der Waals surface area contributed by atoms with Crippen LogP contribution in [0.4, 0.5) is 10.5 Å². The zero-order valence-corrected chi connectivity index (χ0v) is 14.3. The highest BCUT2D eigenvalue weighted by molar-refractivity contribution is 7.84. The number of piperidine rings is 1. The van der Waals surface area contributed by atoms with Gasteiger partial charge in [-0.15, -0.1) is 0 Å². The summed E-state index contributed by atoms with van der Waals surface area (Å²) in [4.78, 5) is 15.0. The lowest BCUT2D eigenvalue weighted by atomic mass is 9.90. The van der Waals surface area contributed by atoms with Gasteiger partial charge < -0.3 is 15.0 Å². The highest BCUT2D eigenvalue weighted by Crippen LogP contribution is 2.29. The first-order chi connectivity index (χ1) is 11.1. The predicted octanol–water partition coefficient (Wildman–Crippen LogP) is 2.85. The van der Waals surface area contributed by atoms with Crippen molar-refractivity contribution >= 4 is 22.5 Å². The lowest BCUT2D eigenvalue weighted by molar-refractivity contribution is 0.0382. The lowest BCUT2D eigenvalue weighted by Gasteiger charge is -2.34. The number of nitrogens with one attached hydrogen (secondary N) is 1. The van der Waals surface area contributed by atoms with Crippen LogP contribution in [0, 0.1) is 5.92 Å². The summed E-state index contributed by atoms with van der Waals surface area (Å²) in [6, 6.07) is 7.12. The van der Waals surface area contributed by atoms with Crippen LogP contribution < -0.4 is 5.32 Å². The van der Waals surface area contributed by atoms with Crippen molar-refractivity contribution in [3.05, 3.63) is 24.3 Å². The van der Waals surface area contributed by atoms with Gasteiger partial charge in [0.05, 0.1) is 6.10 Å². The van der Waals surface area contributed by atoms with Crippen molar-refractivity contribution in [1.29, 1.82) is 0 Å². The fourth-order valence-corrected chi connectivity index (χ4v) is 3.90. The van der Waals surface area contributed by atoms with Crippen molar-refractivity contribution < 1.29 is 13.7 Å². The molecule has 1 aromatic carbocycles. The molecule has 23 heavy (non-hydrogen) atoms. The Morgan fingerprint density at radius 1 is 1.22 bits per heavy atom. The van der Waals surface area contributed by atoms with Crippen LogP contribution in [0.3, 0.4) is 0 Å². The van der Waals surface area contributed by atoms with E-state index in [9.17, 15) is 9.00 Å². The van der Waals surface area contributed by atoms with E-state index in [2.05, 4.69) is 5.32 Å². The molecule has 2 saturated heterocycles. The predicted molar refractivity (Wildman–Crippen MR) is 91.1 cm³/mol. The Bertz CT molecular complexity index is 562. The minimum atomic E-state index is -0.995. The fraction of sp³-hybridized carbons (Fsp3) is 0.588. The Balaban J connectivity index is 1.50. The molecule has 0 aromatic heterocycles. The molecule has 126 valence electrons. The molecule has 0 saturated carbocycles. The molecule has 0 unspecified atom stereocenters. The Hall–Kier alpha value is -1.40. The average Bonchev–Trinajstić information content (AvgIpc) is 3.10. The molecule has 0 spiro atoms. The van der Waals surface area contributed by atoms with Gasteiger partial charge in [-0.3, -0.25) is 4.21 Å². The van der Waals surface area contributed by atoms with Crippen LogP contribution in [0.1, 0.15) is 25.7 Å². The molecule has 1 N–H and O–H groups in total. The number of amides is 2. The highest BCUT2D eigenvalue weighted by atomic mass is 32.2. The maximum absolute atomic E-state index is 12.3. The van der Waals surface area contributed by atoms with Gasteiger partial charge in [-0.1, -0.05) is 0 Å². The van der Waals surface area contributed by atoms with Crippen LogP contribution in [-0.2, 0) is 15.5 Å². The first-order valence-electron chi connectivity index (χ1n) is 8.24. The summed E-state index contributed by atoms with van der Waals surface area (Å²) in [6.45, 7) is 2.46. The molecule has 2 amide bonds. The maximum Gasteiger partial charge on any atom is 0.321 e. The summed E-state index contributed by atoms with van der Waals surface area (Å²) >= 11 is 0. The molecule has 1 aromatic rings. The topological polar surface area (TPSA) is 58.6 Å². The van der Waals surface area contributed by atoms with E-state index >= 15 is 0 Å². The van der Waals surface area contributed by atoms with E-state index in [0.29, 0.717) is 12.0 Å². The number of hydrogen-bond acceptors (Lipinski definition) is 3. The van der Waals surface area contributed by atoms with Gasteiger partial charge in [-0.2, -0.15) is 0 Å². The van der Waals surface area contributed by atoms with E-state index in [1.54, 1.807) is 30.5 Å². The minimum Gasteiger partial charge on any atom is -0.378 e. The Morgan fingerprint density at radius 3 is 2.48 bits per heavy atom. The van der Waals surface area contributed by atoms with Gasteiger partial charge in [-0.25, -0.2) is 4.79 Å². The van der Waals surface area contributed by atoms with E-state index in [1.165, 1.54) is 12.8 Å². The molecule has 3 rings (SSSR count). The summed E-state index contributed by atoms with van der Waals surface area (Å²) < 4.78 is 17.1. The van der Waals surface area contributed by atoms with Crippen LogP contribution in [0.5, 0.6) is 0 Å². The molecule has 6 heteroatoms. The number of rotatable bonds is 3. The summed E-state index contributed by atoms with van der Waals surface area (Å²) in [5.74, 6) is 0.598. The van der Waals surface area contributed by atoms with Gasteiger partial charge in [0.1, 0.15) is 0 Å². The zero-order valence-electron chi connectivity index (χ0n) is 13.5. The molecule has 0 bridgehead atoms. The fourth-order valence-electron chi connectivity index (χ4n) is 3.38. The summed E-state index contributed by atoms with van der Waals surface area (Å²) in [6.07, 6.45) is 6.43. The molecule has 0 aliphatic carbocycles. The van der Waals surface area contributed by atoms with Gasteiger partial charge in [0, 0.05) is 47.3 Å². The van der Waals surface area contributed by atoms with Gasteiger partial charge >= 0.3 is 6.03 Å². The molecular formula is C17H24N2O3S. The van der Waals surface area contributed by atoms with Gasteiger partial charge in [-0.05, 0) is 55.9 Å². The van der Waals surface area contributed by atoms with Crippen molar-refractivity contribution in [3.63, 3.8) is 0 Å². The maximum atomic E-state index is 12.3. The molecular weight excluding hydrogens is 312 g/mol. The van der Waals surface area contributed by atoms with Gasteiger partial charge in [0.2, 0.25) is 0 Å². The van der Waals surface area contributed by atoms with E-state index in [0.717, 1.165) is 43.1 Å². The zero-order chi connectivity index (χ0) is 16.2.